The van der Waals surface area contributed by atoms with Crippen LogP contribution in [0.25, 0.3) is 0 Å². The Labute approximate surface area is 190 Å². The van der Waals surface area contributed by atoms with Gasteiger partial charge >= 0.3 is 0 Å². The average Bonchev–Trinajstić information content (AvgIpc) is 3.44. The number of methoxy groups -OCH3 is 1. The Hall–Kier alpha value is -2.67. The van der Waals surface area contributed by atoms with E-state index >= 15 is 0 Å². The molecule has 1 aromatic heterocycles. The molecule has 32 heavy (non-hydrogen) atoms. The molecule has 3 atom stereocenters. The summed E-state index contributed by atoms with van der Waals surface area (Å²) in [5, 5.41) is 0. The predicted molar refractivity (Wildman–Crippen MR) is 126 cm³/mol. The second-order valence-corrected chi connectivity index (χ2v) is 9.01. The van der Waals surface area contributed by atoms with Gasteiger partial charge in [-0.25, -0.2) is 4.98 Å². The zero-order chi connectivity index (χ0) is 22.5. The minimum Gasteiger partial charge on any atom is -0.489 e. The summed E-state index contributed by atoms with van der Waals surface area (Å²) in [5.74, 6) is 3.07. The predicted octanol–water partition coefficient (Wildman–Crippen LogP) is 3.83. The third kappa shape index (κ3) is 5.38. The van der Waals surface area contributed by atoms with Gasteiger partial charge in [0.25, 0.3) is 0 Å². The number of hydrogen-bond donors (Lipinski definition) is 0. The highest BCUT2D eigenvalue weighted by molar-refractivity contribution is 5.76. The number of aromatic nitrogens is 2. The fourth-order valence-electron chi connectivity index (χ4n) is 4.77. The van der Waals surface area contributed by atoms with Gasteiger partial charge in [0.2, 0.25) is 5.95 Å². The number of Topliss-reactive ketones (excluding diaryl/α,β-unsaturated/α-hetero) is 1. The molecule has 3 heterocycles. The Kier molecular flexibility index (Phi) is 7.25. The highest BCUT2D eigenvalue weighted by Gasteiger charge is 2.29. The van der Waals surface area contributed by atoms with Crippen LogP contribution in [0.4, 0.5) is 11.8 Å². The Balaban J connectivity index is 1.35. The highest BCUT2D eigenvalue weighted by atomic mass is 16.5. The van der Waals surface area contributed by atoms with Crippen LogP contribution in [0.3, 0.4) is 0 Å². The number of ketones is 1. The maximum atomic E-state index is 11.4. The molecule has 0 unspecified atom stereocenters. The van der Waals surface area contributed by atoms with Crippen LogP contribution in [0.5, 0.6) is 5.75 Å². The first-order chi connectivity index (χ1) is 15.5. The number of ether oxygens (including phenoxy) is 2. The molecule has 7 nitrogen and oxygen atoms in total. The van der Waals surface area contributed by atoms with Crippen LogP contribution in [0.2, 0.25) is 0 Å². The van der Waals surface area contributed by atoms with Crippen LogP contribution >= 0.6 is 0 Å². The van der Waals surface area contributed by atoms with Crippen molar-refractivity contribution >= 4 is 17.5 Å². The lowest BCUT2D eigenvalue weighted by molar-refractivity contribution is -0.117. The molecule has 2 fully saturated rings. The van der Waals surface area contributed by atoms with Crippen molar-refractivity contribution in [2.45, 2.75) is 57.6 Å². The Bertz CT molecular complexity index is 904. The Morgan fingerprint density at radius 2 is 2.00 bits per heavy atom. The van der Waals surface area contributed by atoms with Crippen molar-refractivity contribution in [3.05, 3.63) is 42.1 Å². The highest BCUT2D eigenvalue weighted by Crippen LogP contribution is 2.28. The lowest BCUT2D eigenvalue weighted by atomic mass is 9.96. The minimum absolute atomic E-state index is 0.127. The van der Waals surface area contributed by atoms with Gasteiger partial charge in [-0.05, 0) is 49.4 Å². The first-order valence-electron chi connectivity index (χ1n) is 11.6. The molecular formula is C25H34N4O3. The number of anilines is 2. The minimum atomic E-state index is 0.127. The van der Waals surface area contributed by atoms with Crippen molar-refractivity contribution in [1.29, 1.82) is 0 Å². The largest absolute Gasteiger partial charge is 0.489 e. The van der Waals surface area contributed by atoms with Crippen molar-refractivity contribution in [2.75, 3.05) is 43.2 Å². The van der Waals surface area contributed by atoms with Gasteiger partial charge < -0.3 is 24.1 Å². The van der Waals surface area contributed by atoms with Crippen molar-refractivity contribution in [3.63, 3.8) is 0 Å². The molecule has 2 aromatic rings. The van der Waals surface area contributed by atoms with E-state index in [1.54, 1.807) is 14.0 Å². The second kappa shape index (κ2) is 10.3. The van der Waals surface area contributed by atoms with Crippen molar-refractivity contribution in [1.82, 2.24) is 9.97 Å². The standard InChI is InChI=1S/C25H34N4O3/c1-18(15-19(2)30)20-6-8-22(9-7-20)32-23-11-14-28(16-23)24-10-12-26-25(27-24)29-13-4-5-21(29)17-31-3/h6-10,12,18,21,23H,4-5,11,13-17H2,1-3H3/t18-,21-,23-/m1/s1. The third-order valence-electron chi connectivity index (χ3n) is 6.44. The quantitative estimate of drug-likeness (QED) is 0.589. The van der Waals surface area contributed by atoms with E-state index in [0.29, 0.717) is 19.1 Å². The molecule has 172 valence electrons. The monoisotopic (exact) mass is 438 g/mol. The maximum absolute atomic E-state index is 11.4. The molecular weight excluding hydrogens is 404 g/mol. The lowest BCUT2D eigenvalue weighted by Crippen LogP contribution is -2.34. The molecule has 0 aliphatic carbocycles. The summed E-state index contributed by atoms with van der Waals surface area (Å²) >= 11 is 0. The van der Waals surface area contributed by atoms with Crippen LogP contribution in [-0.2, 0) is 9.53 Å². The zero-order valence-corrected chi connectivity index (χ0v) is 19.4. The van der Waals surface area contributed by atoms with E-state index in [9.17, 15) is 4.79 Å². The van der Waals surface area contributed by atoms with E-state index in [1.807, 2.05) is 24.4 Å². The van der Waals surface area contributed by atoms with Crippen LogP contribution in [0.15, 0.2) is 36.5 Å². The fourth-order valence-corrected chi connectivity index (χ4v) is 4.77. The second-order valence-electron chi connectivity index (χ2n) is 9.01. The van der Waals surface area contributed by atoms with Crippen LogP contribution < -0.4 is 14.5 Å². The van der Waals surface area contributed by atoms with Gasteiger partial charge in [0.15, 0.2) is 0 Å². The molecule has 0 radical (unpaired) electrons. The normalized spacial score (nSPS) is 21.7. The summed E-state index contributed by atoms with van der Waals surface area (Å²) in [4.78, 5) is 25.3. The molecule has 0 amide bonds. The van der Waals surface area contributed by atoms with Gasteiger partial charge in [-0.3, -0.25) is 0 Å². The average molecular weight is 439 g/mol. The molecule has 4 rings (SSSR count). The van der Waals surface area contributed by atoms with E-state index in [-0.39, 0.29) is 17.8 Å². The first kappa shape index (κ1) is 22.5. The van der Waals surface area contributed by atoms with Crippen molar-refractivity contribution in [2.24, 2.45) is 0 Å². The number of rotatable bonds is 9. The van der Waals surface area contributed by atoms with Crippen molar-refractivity contribution in [3.8, 4) is 5.75 Å². The van der Waals surface area contributed by atoms with Gasteiger partial charge in [0.1, 0.15) is 23.5 Å². The number of hydrogen-bond acceptors (Lipinski definition) is 7. The molecule has 2 aliphatic heterocycles. The Morgan fingerprint density at radius 1 is 1.19 bits per heavy atom. The molecule has 0 bridgehead atoms. The summed E-state index contributed by atoms with van der Waals surface area (Å²) < 4.78 is 11.6. The number of carbonyl (C=O) groups excluding carboxylic acids is 1. The van der Waals surface area contributed by atoms with Crippen LogP contribution in [0.1, 0.15) is 51.0 Å². The van der Waals surface area contributed by atoms with Gasteiger partial charge in [0.05, 0.1) is 19.2 Å². The topological polar surface area (TPSA) is 67.8 Å². The van der Waals surface area contributed by atoms with E-state index in [0.717, 1.165) is 56.4 Å². The van der Waals surface area contributed by atoms with Crippen LogP contribution in [-0.4, -0.2) is 61.2 Å². The van der Waals surface area contributed by atoms with Crippen molar-refractivity contribution < 1.29 is 14.3 Å². The molecule has 2 aliphatic rings. The summed E-state index contributed by atoms with van der Waals surface area (Å²) in [6.07, 6.45) is 5.78. The van der Waals surface area contributed by atoms with Crippen LogP contribution in [0, 0.1) is 0 Å². The zero-order valence-electron chi connectivity index (χ0n) is 19.4. The van der Waals surface area contributed by atoms with Gasteiger partial charge in [0, 0.05) is 39.2 Å². The molecule has 1 aromatic carbocycles. The summed E-state index contributed by atoms with van der Waals surface area (Å²) in [6, 6.07) is 10.5. The van der Waals surface area contributed by atoms with Gasteiger partial charge in [-0.1, -0.05) is 19.1 Å². The van der Waals surface area contributed by atoms with E-state index in [2.05, 4.69) is 33.8 Å². The summed E-state index contributed by atoms with van der Waals surface area (Å²) in [7, 11) is 1.75. The maximum Gasteiger partial charge on any atom is 0.227 e. The smallest absolute Gasteiger partial charge is 0.227 e. The summed E-state index contributed by atoms with van der Waals surface area (Å²) in [6.45, 7) is 7.13. The molecule has 7 heteroatoms. The third-order valence-corrected chi connectivity index (χ3v) is 6.44. The lowest BCUT2D eigenvalue weighted by Gasteiger charge is -2.25. The van der Waals surface area contributed by atoms with E-state index in [1.165, 1.54) is 5.56 Å². The SMILES string of the molecule is COC[C@H]1CCCN1c1nccc(N2CC[C@@H](Oc3ccc([C@H](C)CC(C)=O)cc3)C2)n1. The first-order valence-corrected chi connectivity index (χ1v) is 11.6. The molecule has 0 spiro atoms. The molecule has 0 saturated carbocycles. The molecule has 0 N–H and O–H groups in total. The van der Waals surface area contributed by atoms with Gasteiger partial charge in [-0.15, -0.1) is 0 Å². The Morgan fingerprint density at radius 3 is 2.75 bits per heavy atom. The molecule has 2 saturated heterocycles. The van der Waals surface area contributed by atoms with E-state index < -0.39 is 0 Å². The van der Waals surface area contributed by atoms with Gasteiger partial charge in [-0.2, -0.15) is 4.98 Å². The number of benzene rings is 1. The number of nitrogens with zero attached hydrogens (tertiary/aromatic N) is 4. The number of carbonyl (C=O) groups is 1. The van der Waals surface area contributed by atoms with E-state index in [4.69, 9.17) is 14.5 Å². The fraction of sp³-hybridized carbons (Fsp3) is 0.560. The summed E-state index contributed by atoms with van der Waals surface area (Å²) in [5.41, 5.74) is 1.17.